The zero-order valence-corrected chi connectivity index (χ0v) is 17.7. The fourth-order valence-corrected chi connectivity index (χ4v) is 4.07. The minimum Gasteiger partial charge on any atom is -0.394 e. The molecular formula is C23H25ClN2O5. The highest BCUT2D eigenvalue weighted by molar-refractivity contribution is 6.31. The summed E-state index contributed by atoms with van der Waals surface area (Å²) in [4.78, 5) is 0. The van der Waals surface area contributed by atoms with E-state index < -0.39 is 37.1 Å². The van der Waals surface area contributed by atoms with Gasteiger partial charge in [0.05, 0.1) is 12.8 Å². The van der Waals surface area contributed by atoms with Gasteiger partial charge in [-0.2, -0.15) is 5.10 Å². The van der Waals surface area contributed by atoms with Crippen molar-refractivity contribution in [3.63, 3.8) is 0 Å². The number of aliphatic hydroxyl groups is 4. The highest BCUT2D eigenvalue weighted by atomic mass is 35.5. The Balaban J connectivity index is 1.55. The molecule has 2 heterocycles. The minimum atomic E-state index is -1.42. The van der Waals surface area contributed by atoms with Crippen LogP contribution in [0.15, 0.2) is 54.9 Å². The quantitative estimate of drug-likeness (QED) is 0.478. The molecule has 2 aromatic carbocycles. The first-order chi connectivity index (χ1) is 14.9. The van der Waals surface area contributed by atoms with Crippen LogP contribution in [0.2, 0.25) is 5.02 Å². The number of ether oxygens (including phenoxy) is 1. The topological polar surface area (TPSA) is 108 Å². The molecule has 5 atom stereocenters. The second-order valence-electron chi connectivity index (χ2n) is 7.88. The number of hydrogen-bond donors (Lipinski definition) is 4. The molecule has 3 aromatic rings. The van der Waals surface area contributed by atoms with E-state index in [1.165, 1.54) is 0 Å². The van der Waals surface area contributed by atoms with E-state index in [9.17, 15) is 20.4 Å². The zero-order chi connectivity index (χ0) is 22.1. The molecule has 0 amide bonds. The van der Waals surface area contributed by atoms with Crippen LogP contribution in [0.4, 0.5) is 0 Å². The summed E-state index contributed by atoms with van der Waals surface area (Å²) in [5.74, 6) is 0. The third-order valence-electron chi connectivity index (χ3n) is 5.68. The van der Waals surface area contributed by atoms with Gasteiger partial charge in [-0.05, 0) is 34.7 Å². The van der Waals surface area contributed by atoms with Crippen LogP contribution in [0.3, 0.4) is 0 Å². The maximum Gasteiger partial charge on any atom is 0.113 e. The molecule has 164 valence electrons. The van der Waals surface area contributed by atoms with Crippen LogP contribution < -0.4 is 0 Å². The van der Waals surface area contributed by atoms with Gasteiger partial charge >= 0.3 is 0 Å². The first kappa shape index (κ1) is 22.0. The molecule has 0 saturated carbocycles. The Bertz CT molecular complexity index is 1040. The SMILES string of the molecule is Cn1cc(-c2ccc(Cc3cc([C@@H]4O[C@H](CO)[C@@H](O)[C@H](O)[C@H]4O)ccc3Cl)cc2)cn1. The highest BCUT2D eigenvalue weighted by Crippen LogP contribution is 2.34. The second-order valence-corrected chi connectivity index (χ2v) is 8.28. The van der Waals surface area contributed by atoms with Crippen molar-refractivity contribution >= 4 is 11.6 Å². The van der Waals surface area contributed by atoms with Crippen LogP contribution in [-0.4, -0.2) is 61.2 Å². The van der Waals surface area contributed by atoms with Crippen molar-refractivity contribution in [2.45, 2.75) is 36.9 Å². The highest BCUT2D eigenvalue weighted by Gasteiger charge is 2.44. The number of hydrogen-bond acceptors (Lipinski definition) is 6. The number of benzene rings is 2. The van der Waals surface area contributed by atoms with Crippen molar-refractivity contribution < 1.29 is 25.2 Å². The lowest BCUT2D eigenvalue weighted by molar-refractivity contribution is -0.231. The number of halogens is 1. The van der Waals surface area contributed by atoms with Gasteiger partial charge in [0.15, 0.2) is 0 Å². The van der Waals surface area contributed by atoms with E-state index in [0.29, 0.717) is 17.0 Å². The molecule has 1 fully saturated rings. The van der Waals surface area contributed by atoms with Crippen molar-refractivity contribution in [3.05, 3.63) is 76.6 Å². The summed E-state index contributed by atoms with van der Waals surface area (Å²) in [5.41, 5.74) is 4.61. The molecule has 1 aromatic heterocycles. The maximum atomic E-state index is 10.4. The zero-order valence-electron chi connectivity index (χ0n) is 17.0. The summed E-state index contributed by atoms with van der Waals surface area (Å²) >= 11 is 6.42. The Morgan fingerprint density at radius 2 is 1.74 bits per heavy atom. The van der Waals surface area contributed by atoms with Crippen molar-refractivity contribution in [2.75, 3.05) is 6.61 Å². The Hall–Kier alpha value is -2.26. The monoisotopic (exact) mass is 444 g/mol. The van der Waals surface area contributed by atoms with Gasteiger partial charge in [-0.1, -0.05) is 48.0 Å². The average Bonchev–Trinajstić information content (AvgIpc) is 3.21. The molecule has 0 aliphatic carbocycles. The molecule has 1 aliphatic rings. The lowest BCUT2D eigenvalue weighted by atomic mass is 9.90. The van der Waals surface area contributed by atoms with Crippen molar-refractivity contribution in [1.29, 1.82) is 0 Å². The van der Waals surface area contributed by atoms with Gasteiger partial charge in [0, 0.05) is 23.8 Å². The molecule has 4 N–H and O–H groups in total. The van der Waals surface area contributed by atoms with Crippen LogP contribution in [-0.2, 0) is 18.2 Å². The van der Waals surface area contributed by atoms with E-state index in [1.54, 1.807) is 16.8 Å². The summed E-state index contributed by atoms with van der Waals surface area (Å²) in [6, 6.07) is 13.4. The molecule has 0 radical (unpaired) electrons. The molecule has 31 heavy (non-hydrogen) atoms. The summed E-state index contributed by atoms with van der Waals surface area (Å²) < 4.78 is 7.42. The molecule has 4 rings (SSSR count). The normalized spacial score (nSPS) is 26.2. The third kappa shape index (κ3) is 4.52. The number of rotatable bonds is 5. The van der Waals surface area contributed by atoms with Gasteiger partial charge in [0.2, 0.25) is 0 Å². The molecule has 1 aliphatic heterocycles. The van der Waals surface area contributed by atoms with Crippen LogP contribution in [0.5, 0.6) is 0 Å². The van der Waals surface area contributed by atoms with E-state index in [4.69, 9.17) is 16.3 Å². The lowest BCUT2D eigenvalue weighted by Gasteiger charge is -2.40. The number of aromatic nitrogens is 2. The van der Waals surface area contributed by atoms with Crippen molar-refractivity contribution in [1.82, 2.24) is 9.78 Å². The summed E-state index contributed by atoms with van der Waals surface area (Å²) in [6.07, 6.45) is -1.65. The standard InChI is InChI=1S/C23H25ClN2O5/c1-26-11-17(10-25-26)14-4-2-13(3-5-14)8-16-9-15(6-7-18(16)24)23-22(30)21(29)20(28)19(12-27)31-23/h2-7,9-11,19-23,27-30H,8,12H2,1H3/t19-,20-,21+,22-,23+/m1/s1. The average molecular weight is 445 g/mol. The minimum absolute atomic E-state index is 0.467. The first-order valence-corrected chi connectivity index (χ1v) is 10.4. The van der Waals surface area contributed by atoms with Gasteiger partial charge in [0.25, 0.3) is 0 Å². The fraction of sp³-hybridized carbons (Fsp3) is 0.348. The van der Waals surface area contributed by atoms with Gasteiger partial charge in [-0.25, -0.2) is 0 Å². The van der Waals surface area contributed by atoms with E-state index in [-0.39, 0.29) is 0 Å². The van der Waals surface area contributed by atoms with Crippen LogP contribution in [0.1, 0.15) is 22.8 Å². The summed E-state index contributed by atoms with van der Waals surface area (Å²) in [7, 11) is 1.88. The summed E-state index contributed by atoms with van der Waals surface area (Å²) in [5, 5.41) is 44.7. The number of aliphatic hydroxyl groups excluding tert-OH is 4. The van der Waals surface area contributed by atoms with Gasteiger partial charge in [0.1, 0.15) is 30.5 Å². The maximum absolute atomic E-state index is 10.4. The van der Waals surface area contributed by atoms with E-state index >= 15 is 0 Å². The second kappa shape index (κ2) is 9.08. The molecule has 0 bridgehead atoms. The molecular weight excluding hydrogens is 420 g/mol. The van der Waals surface area contributed by atoms with Crippen molar-refractivity contribution in [2.24, 2.45) is 7.05 Å². The third-order valence-corrected chi connectivity index (χ3v) is 6.05. The largest absolute Gasteiger partial charge is 0.394 e. The smallest absolute Gasteiger partial charge is 0.113 e. The molecule has 8 heteroatoms. The predicted molar refractivity (Wildman–Crippen MR) is 116 cm³/mol. The first-order valence-electron chi connectivity index (χ1n) is 10.0. The number of nitrogens with zero attached hydrogens (tertiary/aromatic N) is 2. The number of aryl methyl sites for hydroxylation is 1. The Labute approximate surface area is 185 Å². The lowest BCUT2D eigenvalue weighted by Crippen LogP contribution is -2.55. The fourth-order valence-electron chi connectivity index (χ4n) is 3.89. The van der Waals surface area contributed by atoms with Crippen LogP contribution in [0.25, 0.3) is 11.1 Å². The Kier molecular flexibility index (Phi) is 6.43. The van der Waals surface area contributed by atoms with Gasteiger partial charge in [-0.15, -0.1) is 0 Å². The summed E-state index contributed by atoms with van der Waals surface area (Å²) in [6.45, 7) is -0.467. The molecule has 0 spiro atoms. The van der Waals surface area contributed by atoms with Crippen LogP contribution >= 0.6 is 11.6 Å². The predicted octanol–water partition coefficient (Wildman–Crippen LogP) is 1.85. The molecule has 7 nitrogen and oxygen atoms in total. The van der Waals surface area contributed by atoms with E-state index in [0.717, 1.165) is 22.3 Å². The Morgan fingerprint density at radius 3 is 2.39 bits per heavy atom. The van der Waals surface area contributed by atoms with Gasteiger partial charge in [-0.3, -0.25) is 4.68 Å². The van der Waals surface area contributed by atoms with E-state index in [2.05, 4.69) is 5.10 Å². The van der Waals surface area contributed by atoms with Crippen molar-refractivity contribution in [3.8, 4) is 11.1 Å². The van der Waals surface area contributed by atoms with Crippen LogP contribution in [0, 0.1) is 0 Å². The van der Waals surface area contributed by atoms with E-state index in [1.807, 2.05) is 49.8 Å². The Morgan fingerprint density at radius 1 is 1.00 bits per heavy atom. The van der Waals surface area contributed by atoms with Gasteiger partial charge < -0.3 is 25.2 Å². The molecule has 0 unspecified atom stereocenters. The molecule has 1 saturated heterocycles.